The van der Waals surface area contributed by atoms with Gasteiger partial charge < -0.3 is 15.2 Å². The van der Waals surface area contributed by atoms with Gasteiger partial charge in [0.2, 0.25) is 0 Å². The zero-order valence-corrected chi connectivity index (χ0v) is 7.44. The number of carboxylic acid groups (broad SMARTS) is 1. The number of fused-ring (bicyclic) bond motifs is 1. The van der Waals surface area contributed by atoms with Gasteiger partial charge in [0.25, 0.3) is 0 Å². The molecule has 3 N–H and O–H groups in total. The number of carbonyl (C=O) groups is 1. The number of aromatic amines is 1. The van der Waals surface area contributed by atoms with Crippen molar-refractivity contribution in [3.63, 3.8) is 0 Å². The van der Waals surface area contributed by atoms with E-state index in [4.69, 9.17) is 5.11 Å². The van der Waals surface area contributed by atoms with Crippen LogP contribution in [0.15, 0.2) is 18.5 Å². The first-order valence-electron chi connectivity index (χ1n) is 4.13. The summed E-state index contributed by atoms with van der Waals surface area (Å²) in [6.45, 7) is 0. The summed E-state index contributed by atoms with van der Waals surface area (Å²) in [7, 11) is 0. The number of imidazole rings is 1. The molecular weight excluding hydrogens is 203 g/mol. The Morgan fingerprint density at radius 1 is 1.53 bits per heavy atom. The maximum Gasteiger partial charge on any atom is 0.337 e. The van der Waals surface area contributed by atoms with Crippen LogP contribution in [-0.4, -0.2) is 26.2 Å². The third-order valence-corrected chi connectivity index (χ3v) is 2.09. The van der Waals surface area contributed by atoms with E-state index in [-0.39, 0.29) is 11.1 Å². The summed E-state index contributed by atoms with van der Waals surface area (Å²) in [5.74, 6) is -2.31. The first kappa shape index (κ1) is 9.60. The van der Waals surface area contributed by atoms with E-state index in [9.17, 15) is 14.3 Å². The van der Waals surface area contributed by atoms with E-state index in [1.54, 1.807) is 0 Å². The van der Waals surface area contributed by atoms with Crippen LogP contribution in [0.25, 0.3) is 11.0 Å². The summed E-state index contributed by atoms with van der Waals surface area (Å²) in [6.07, 6.45) is -0.573. The number of carboxylic acids is 1. The Bertz CT molecular complexity index is 523. The molecular formula is C9H7FN2O3. The van der Waals surface area contributed by atoms with Gasteiger partial charge in [0.1, 0.15) is 5.52 Å². The fraction of sp³-hybridized carbons (Fsp3) is 0.111. The first-order chi connectivity index (χ1) is 7.11. The molecule has 0 fully saturated rings. The summed E-state index contributed by atoms with van der Waals surface area (Å²) in [6, 6.07) is 2.68. The quantitative estimate of drug-likeness (QED) is 0.684. The van der Waals surface area contributed by atoms with E-state index >= 15 is 0 Å². The lowest BCUT2D eigenvalue weighted by molar-refractivity contribution is -0.147. The van der Waals surface area contributed by atoms with Gasteiger partial charge in [0.15, 0.2) is 11.9 Å². The predicted octanol–water partition coefficient (Wildman–Crippen LogP) is 0.820. The lowest BCUT2D eigenvalue weighted by Gasteiger charge is -2.06. The fourth-order valence-electron chi connectivity index (χ4n) is 1.33. The van der Waals surface area contributed by atoms with Crippen molar-refractivity contribution < 1.29 is 19.4 Å². The smallest absolute Gasteiger partial charge is 0.337 e. The number of halogens is 1. The van der Waals surface area contributed by atoms with Crippen molar-refractivity contribution in [3.05, 3.63) is 29.8 Å². The molecule has 2 rings (SSSR count). The second-order valence-corrected chi connectivity index (χ2v) is 3.01. The Kier molecular flexibility index (Phi) is 2.12. The van der Waals surface area contributed by atoms with Gasteiger partial charge in [-0.25, -0.2) is 14.2 Å². The molecule has 0 saturated carbocycles. The van der Waals surface area contributed by atoms with Gasteiger partial charge in [0.05, 0.1) is 11.8 Å². The van der Waals surface area contributed by atoms with E-state index in [0.29, 0.717) is 5.52 Å². The van der Waals surface area contributed by atoms with Gasteiger partial charge >= 0.3 is 5.97 Å². The molecule has 1 aromatic carbocycles. The Hall–Kier alpha value is -1.95. The molecule has 2 aromatic rings. The minimum Gasteiger partial charge on any atom is -0.479 e. The van der Waals surface area contributed by atoms with Gasteiger partial charge in [-0.15, -0.1) is 0 Å². The van der Waals surface area contributed by atoms with E-state index in [2.05, 4.69) is 9.97 Å². The van der Waals surface area contributed by atoms with Crippen molar-refractivity contribution in [2.45, 2.75) is 6.10 Å². The molecule has 0 aliphatic carbocycles. The molecule has 1 atom stereocenters. The summed E-state index contributed by atoms with van der Waals surface area (Å²) in [4.78, 5) is 16.8. The number of aliphatic hydroxyl groups excluding tert-OH is 1. The van der Waals surface area contributed by atoms with Crippen molar-refractivity contribution in [2.24, 2.45) is 0 Å². The first-order valence-corrected chi connectivity index (χ1v) is 4.13. The Morgan fingerprint density at radius 2 is 2.27 bits per heavy atom. The van der Waals surface area contributed by atoms with Crippen LogP contribution < -0.4 is 0 Å². The maximum absolute atomic E-state index is 13.6. The number of rotatable bonds is 2. The molecule has 15 heavy (non-hydrogen) atoms. The van der Waals surface area contributed by atoms with Crippen molar-refractivity contribution in [2.75, 3.05) is 0 Å². The summed E-state index contributed by atoms with van der Waals surface area (Å²) in [5, 5.41) is 17.7. The average Bonchev–Trinajstić information content (AvgIpc) is 2.66. The maximum atomic E-state index is 13.6. The molecule has 0 amide bonds. The van der Waals surface area contributed by atoms with Crippen molar-refractivity contribution in [1.82, 2.24) is 9.97 Å². The number of aliphatic carboxylic acids is 1. The van der Waals surface area contributed by atoms with Crippen molar-refractivity contribution in [1.29, 1.82) is 0 Å². The number of aromatic nitrogens is 2. The van der Waals surface area contributed by atoms with Gasteiger partial charge in [-0.05, 0) is 6.07 Å². The third-order valence-electron chi connectivity index (χ3n) is 2.09. The molecule has 78 valence electrons. The molecule has 0 saturated heterocycles. The van der Waals surface area contributed by atoms with E-state index in [1.807, 2.05) is 0 Å². The number of aliphatic hydroxyl groups is 1. The summed E-state index contributed by atoms with van der Waals surface area (Å²) >= 11 is 0. The van der Waals surface area contributed by atoms with Crippen LogP contribution in [-0.2, 0) is 4.79 Å². The number of hydrogen-bond donors (Lipinski definition) is 3. The SMILES string of the molecule is O=C(O)C(O)c1ccc2[nH]cnc2c1F. The highest BCUT2D eigenvalue weighted by molar-refractivity contribution is 5.80. The van der Waals surface area contributed by atoms with Crippen LogP contribution in [0, 0.1) is 5.82 Å². The van der Waals surface area contributed by atoms with E-state index in [1.165, 1.54) is 18.5 Å². The van der Waals surface area contributed by atoms with Crippen molar-refractivity contribution in [3.8, 4) is 0 Å². The highest BCUT2D eigenvalue weighted by Gasteiger charge is 2.21. The predicted molar refractivity (Wildman–Crippen MR) is 48.6 cm³/mol. The molecule has 1 aromatic heterocycles. The second kappa shape index (κ2) is 3.32. The zero-order valence-electron chi connectivity index (χ0n) is 7.44. The number of nitrogens with one attached hydrogen (secondary N) is 1. The molecule has 1 unspecified atom stereocenters. The van der Waals surface area contributed by atoms with Gasteiger partial charge in [-0.3, -0.25) is 0 Å². The summed E-state index contributed by atoms with van der Waals surface area (Å²) < 4.78 is 13.6. The van der Waals surface area contributed by atoms with Crippen LogP contribution in [0.2, 0.25) is 0 Å². The standard InChI is InChI=1S/C9H7FN2O3/c10-6-4(8(13)9(14)15)1-2-5-7(6)12-3-11-5/h1-3,8,13H,(H,11,12)(H,14,15). The number of H-pyrrole nitrogens is 1. The topological polar surface area (TPSA) is 86.2 Å². The zero-order chi connectivity index (χ0) is 11.0. The molecule has 0 aliphatic heterocycles. The monoisotopic (exact) mass is 210 g/mol. The van der Waals surface area contributed by atoms with Crippen LogP contribution in [0.3, 0.4) is 0 Å². The summed E-state index contributed by atoms with van der Waals surface area (Å²) in [5.41, 5.74) is 0.184. The highest BCUT2D eigenvalue weighted by atomic mass is 19.1. The van der Waals surface area contributed by atoms with Gasteiger partial charge in [-0.2, -0.15) is 0 Å². The number of hydrogen-bond acceptors (Lipinski definition) is 3. The Labute approximate surface area is 83.2 Å². The highest BCUT2D eigenvalue weighted by Crippen LogP contribution is 2.23. The Balaban J connectivity index is 2.62. The van der Waals surface area contributed by atoms with Crippen molar-refractivity contribution >= 4 is 17.0 Å². The minimum absolute atomic E-state index is 0.0211. The fourth-order valence-corrected chi connectivity index (χ4v) is 1.33. The van der Waals surface area contributed by atoms with Gasteiger partial charge in [0, 0.05) is 5.56 Å². The lowest BCUT2D eigenvalue weighted by atomic mass is 10.1. The lowest BCUT2D eigenvalue weighted by Crippen LogP contribution is -2.12. The van der Waals surface area contributed by atoms with E-state index < -0.39 is 17.9 Å². The minimum atomic E-state index is -1.87. The van der Waals surface area contributed by atoms with Gasteiger partial charge in [-0.1, -0.05) is 6.07 Å². The van der Waals surface area contributed by atoms with Crippen LogP contribution >= 0.6 is 0 Å². The molecule has 0 aliphatic rings. The average molecular weight is 210 g/mol. The van der Waals surface area contributed by atoms with Crippen LogP contribution in [0.1, 0.15) is 11.7 Å². The van der Waals surface area contributed by atoms with Crippen LogP contribution in [0.4, 0.5) is 4.39 Å². The second-order valence-electron chi connectivity index (χ2n) is 3.01. The normalized spacial score (nSPS) is 12.9. The van der Waals surface area contributed by atoms with Crippen LogP contribution in [0.5, 0.6) is 0 Å². The molecule has 0 bridgehead atoms. The van der Waals surface area contributed by atoms with E-state index in [0.717, 1.165) is 0 Å². The molecule has 6 heteroatoms. The molecule has 0 radical (unpaired) electrons. The third kappa shape index (κ3) is 1.44. The largest absolute Gasteiger partial charge is 0.479 e. The molecule has 5 nitrogen and oxygen atoms in total. The number of nitrogens with zero attached hydrogens (tertiary/aromatic N) is 1. The molecule has 1 heterocycles. The number of benzene rings is 1. The molecule has 0 spiro atoms. The Morgan fingerprint density at radius 3 is 2.93 bits per heavy atom.